The molecule has 2 N–H and O–H groups in total. The minimum atomic E-state index is -0.707. The molecule has 0 saturated heterocycles. The van der Waals surface area contributed by atoms with Crippen LogP contribution in [0.1, 0.15) is 13.8 Å². The van der Waals surface area contributed by atoms with E-state index in [0.29, 0.717) is 0 Å². The van der Waals surface area contributed by atoms with Gasteiger partial charge in [0, 0.05) is 14.2 Å². The third-order valence-electron chi connectivity index (χ3n) is 1.99. The predicted octanol–water partition coefficient (Wildman–Crippen LogP) is -0.248. The van der Waals surface area contributed by atoms with Crippen molar-refractivity contribution < 1.29 is 24.4 Å². The fraction of sp³-hybridized carbons (Fsp3) is 1.00. The molecule has 0 rings (SSSR count). The topological polar surface area (TPSA) is 68.2 Å². The van der Waals surface area contributed by atoms with E-state index in [9.17, 15) is 5.11 Å². The Balaban J connectivity index is 4.21. The van der Waals surface area contributed by atoms with Crippen LogP contribution in [0.25, 0.3) is 0 Å². The zero-order valence-electron chi connectivity index (χ0n) is 9.14. The fourth-order valence-electron chi connectivity index (χ4n) is 1.19. The van der Waals surface area contributed by atoms with E-state index in [1.165, 1.54) is 14.2 Å². The maximum absolute atomic E-state index is 9.34. The highest BCUT2D eigenvalue weighted by Gasteiger charge is 2.27. The molecular formula is C9H20O5. The van der Waals surface area contributed by atoms with Crippen LogP contribution in [-0.4, -0.2) is 55.6 Å². The van der Waals surface area contributed by atoms with Crippen LogP contribution in [0.2, 0.25) is 0 Å². The maximum atomic E-state index is 9.34. The van der Waals surface area contributed by atoms with Crippen molar-refractivity contribution in [2.24, 2.45) is 0 Å². The number of rotatable bonds is 7. The maximum Gasteiger partial charge on any atom is 0.155 e. The van der Waals surface area contributed by atoms with Crippen LogP contribution in [-0.2, 0) is 14.2 Å². The highest BCUT2D eigenvalue weighted by molar-refractivity contribution is 4.74. The Kier molecular flexibility index (Phi) is 7.04. The van der Waals surface area contributed by atoms with E-state index in [1.807, 2.05) is 0 Å². The fourth-order valence-corrected chi connectivity index (χ4v) is 1.19. The molecule has 14 heavy (non-hydrogen) atoms. The lowest BCUT2D eigenvalue weighted by molar-refractivity contribution is -0.198. The minimum Gasteiger partial charge on any atom is -0.394 e. The molecule has 0 aromatic rings. The van der Waals surface area contributed by atoms with E-state index in [0.717, 1.165) is 0 Å². The quantitative estimate of drug-likeness (QED) is 0.565. The van der Waals surface area contributed by atoms with Gasteiger partial charge < -0.3 is 24.4 Å². The third-order valence-corrected chi connectivity index (χ3v) is 1.99. The van der Waals surface area contributed by atoms with Gasteiger partial charge in [-0.15, -0.1) is 0 Å². The Labute approximate surface area is 84.6 Å². The predicted molar refractivity (Wildman–Crippen MR) is 50.9 cm³/mol. The van der Waals surface area contributed by atoms with Crippen molar-refractivity contribution in [1.82, 2.24) is 0 Å². The van der Waals surface area contributed by atoms with Crippen LogP contribution in [0.3, 0.4) is 0 Å². The molecular weight excluding hydrogens is 188 g/mol. The Morgan fingerprint density at radius 3 is 2.00 bits per heavy atom. The van der Waals surface area contributed by atoms with Gasteiger partial charge in [-0.25, -0.2) is 0 Å². The molecule has 0 aromatic carbocycles. The lowest BCUT2D eigenvalue weighted by Gasteiger charge is -2.28. The first-order valence-corrected chi connectivity index (χ1v) is 4.56. The monoisotopic (exact) mass is 208 g/mol. The van der Waals surface area contributed by atoms with Crippen molar-refractivity contribution in [2.75, 3.05) is 20.8 Å². The number of hydrogen-bond donors (Lipinski definition) is 2. The van der Waals surface area contributed by atoms with Gasteiger partial charge in [-0.05, 0) is 13.8 Å². The average molecular weight is 208 g/mol. The number of hydrogen-bond acceptors (Lipinski definition) is 5. The van der Waals surface area contributed by atoms with Gasteiger partial charge >= 0.3 is 0 Å². The Morgan fingerprint density at radius 2 is 1.71 bits per heavy atom. The Hall–Kier alpha value is -0.200. The summed E-state index contributed by atoms with van der Waals surface area (Å²) in [5.74, 6) is 0. The van der Waals surface area contributed by atoms with E-state index >= 15 is 0 Å². The van der Waals surface area contributed by atoms with Crippen molar-refractivity contribution in [1.29, 1.82) is 0 Å². The summed E-state index contributed by atoms with van der Waals surface area (Å²) in [5.41, 5.74) is 0. The molecule has 5 heteroatoms. The molecule has 0 bridgehead atoms. The standard InChI is InChI=1S/C9H20O5/c1-6(11)9(13-4)8(5-10)14-7(2)12-3/h6-11H,5H2,1-4H3/t6-,7?,8?,9-/m1/s1. The first-order chi connectivity index (χ1) is 6.56. The van der Waals surface area contributed by atoms with Gasteiger partial charge in [0.1, 0.15) is 12.2 Å². The largest absolute Gasteiger partial charge is 0.394 e. The summed E-state index contributed by atoms with van der Waals surface area (Å²) in [4.78, 5) is 0. The highest BCUT2D eigenvalue weighted by Crippen LogP contribution is 2.10. The molecule has 0 saturated carbocycles. The molecule has 0 aliphatic carbocycles. The minimum absolute atomic E-state index is 0.225. The van der Waals surface area contributed by atoms with Crippen LogP contribution < -0.4 is 0 Å². The van der Waals surface area contributed by atoms with E-state index in [1.54, 1.807) is 13.8 Å². The number of methoxy groups -OCH3 is 2. The van der Waals surface area contributed by atoms with Crippen molar-refractivity contribution >= 4 is 0 Å². The van der Waals surface area contributed by atoms with Crippen molar-refractivity contribution in [3.63, 3.8) is 0 Å². The third kappa shape index (κ3) is 4.34. The molecule has 2 unspecified atom stereocenters. The number of aliphatic hydroxyl groups is 2. The number of aliphatic hydroxyl groups excluding tert-OH is 2. The number of ether oxygens (including phenoxy) is 3. The Morgan fingerprint density at radius 1 is 1.14 bits per heavy atom. The second-order valence-electron chi connectivity index (χ2n) is 3.10. The zero-order chi connectivity index (χ0) is 11.1. The summed E-state index contributed by atoms with van der Waals surface area (Å²) in [6.07, 6.45) is -2.29. The van der Waals surface area contributed by atoms with Gasteiger partial charge in [0.2, 0.25) is 0 Å². The zero-order valence-corrected chi connectivity index (χ0v) is 9.14. The SMILES string of the molecule is COC(C)OC(CO)[C@H](OC)[C@@H](C)O. The van der Waals surface area contributed by atoms with Crippen molar-refractivity contribution in [3.8, 4) is 0 Å². The highest BCUT2D eigenvalue weighted by atomic mass is 16.7. The molecule has 0 heterocycles. The second kappa shape index (κ2) is 7.14. The first kappa shape index (κ1) is 13.8. The Bertz CT molecular complexity index is 139. The smallest absolute Gasteiger partial charge is 0.155 e. The average Bonchev–Trinajstić information content (AvgIpc) is 2.16. The van der Waals surface area contributed by atoms with Gasteiger partial charge in [-0.1, -0.05) is 0 Å². The molecule has 0 amide bonds. The molecule has 0 aliphatic rings. The summed E-state index contributed by atoms with van der Waals surface area (Å²) < 4.78 is 15.2. The summed E-state index contributed by atoms with van der Waals surface area (Å²) in [6.45, 7) is 3.06. The first-order valence-electron chi connectivity index (χ1n) is 4.56. The molecule has 0 radical (unpaired) electrons. The second-order valence-corrected chi connectivity index (χ2v) is 3.10. The van der Waals surface area contributed by atoms with E-state index in [4.69, 9.17) is 19.3 Å². The van der Waals surface area contributed by atoms with Crippen LogP contribution in [0, 0.1) is 0 Å². The van der Waals surface area contributed by atoms with Crippen molar-refractivity contribution in [2.45, 2.75) is 38.4 Å². The van der Waals surface area contributed by atoms with Crippen LogP contribution in [0.4, 0.5) is 0 Å². The molecule has 86 valence electrons. The van der Waals surface area contributed by atoms with Crippen LogP contribution >= 0.6 is 0 Å². The summed E-state index contributed by atoms with van der Waals surface area (Å²) >= 11 is 0. The molecule has 0 spiro atoms. The summed E-state index contributed by atoms with van der Waals surface area (Å²) in [5, 5.41) is 18.4. The van der Waals surface area contributed by atoms with Gasteiger partial charge in [0.25, 0.3) is 0 Å². The normalized spacial score (nSPS) is 20.1. The van der Waals surface area contributed by atoms with Crippen LogP contribution in [0.5, 0.6) is 0 Å². The van der Waals surface area contributed by atoms with E-state index < -0.39 is 24.6 Å². The molecule has 5 nitrogen and oxygen atoms in total. The molecule has 0 aliphatic heterocycles. The van der Waals surface area contributed by atoms with Gasteiger partial charge in [-0.2, -0.15) is 0 Å². The van der Waals surface area contributed by atoms with Gasteiger partial charge in [-0.3, -0.25) is 0 Å². The van der Waals surface area contributed by atoms with Gasteiger partial charge in [0.15, 0.2) is 6.29 Å². The van der Waals surface area contributed by atoms with Gasteiger partial charge in [0.05, 0.1) is 12.7 Å². The van der Waals surface area contributed by atoms with Crippen LogP contribution in [0.15, 0.2) is 0 Å². The molecule has 0 fully saturated rings. The molecule has 0 aromatic heterocycles. The lowest BCUT2D eigenvalue weighted by Crippen LogP contribution is -2.43. The summed E-state index contributed by atoms with van der Waals surface area (Å²) in [6, 6.07) is 0. The van der Waals surface area contributed by atoms with E-state index in [-0.39, 0.29) is 6.61 Å². The van der Waals surface area contributed by atoms with Crippen molar-refractivity contribution in [3.05, 3.63) is 0 Å². The molecule has 4 atom stereocenters. The summed E-state index contributed by atoms with van der Waals surface area (Å²) in [7, 11) is 2.96. The van der Waals surface area contributed by atoms with E-state index in [2.05, 4.69) is 0 Å². The lowest BCUT2D eigenvalue weighted by atomic mass is 10.1.